The molecule has 166 valence electrons. The van der Waals surface area contributed by atoms with Crippen molar-refractivity contribution in [1.29, 1.82) is 0 Å². The fraction of sp³-hybridized carbons (Fsp3) is 0.348. The van der Waals surface area contributed by atoms with Crippen molar-refractivity contribution in [3.8, 4) is 11.4 Å². The minimum absolute atomic E-state index is 0.00172. The molecular weight excluding hydrogens is 408 g/mol. The van der Waals surface area contributed by atoms with E-state index in [1.165, 1.54) is 11.0 Å². The first-order valence-corrected chi connectivity index (χ1v) is 10.7. The Morgan fingerprint density at radius 2 is 2.03 bits per heavy atom. The van der Waals surface area contributed by atoms with Crippen molar-refractivity contribution in [3.63, 3.8) is 0 Å². The lowest BCUT2D eigenvalue weighted by molar-refractivity contribution is -0.129. The zero-order valence-corrected chi connectivity index (χ0v) is 18.1. The van der Waals surface area contributed by atoms with Gasteiger partial charge in [0.25, 0.3) is 0 Å². The van der Waals surface area contributed by atoms with E-state index < -0.39 is 5.92 Å². The molecule has 0 aliphatic carbocycles. The number of tetrazole rings is 1. The smallest absolute Gasteiger partial charge is 0.230 e. The Kier molecular flexibility index (Phi) is 6.44. The van der Waals surface area contributed by atoms with Crippen molar-refractivity contribution < 1.29 is 14.3 Å². The van der Waals surface area contributed by atoms with Crippen LogP contribution in [0.2, 0.25) is 0 Å². The fourth-order valence-electron chi connectivity index (χ4n) is 4.07. The summed E-state index contributed by atoms with van der Waals surface area (Å²) in [6.45, 7) is 2.72. The minimum atomic E-state index is -0.496. The molecule has 9 nitrogen and oxygen atoms in total. The van der Waals surface area contributed by atoms with Crippen LogP contribution in [0.4, 0.5) is 5.69 Å². The average molecular weight is 435 g/mol. The second-order valence-electron chi connectivity index (χ2n) is 7.76. The molecule has 0 bridgehead atoms. The lowest BCUT2D eigenvalue weighted by Gasteiger charge is -2.28. The third-order valence-corrected chi connectivity index (χ3v) is 5.71. The first-order chi connectivity index (χ1) is 15.6. The first kappa shape index (κ1) is 21.5. The zero-order chi connectivity index (χ0) is 22.5. The van der Waals surface area contributed by atoms with Gasteiger partial charge in [-0.1, -0.05) is 31.5 Å². The van der Waals surface area contributed by atoms with Gasteiger partial charge in [-0.25, -0.2) is 4.68 Å². The number of nitrogens with one attached hydrogen (secondary N) is 1. The number of hydrogen-bond donors (Lipinski definition) is 1. The average Bonchev–Trinajstić information content (AvgIpc) is 3.46. The number of methoxy groups -OCH3 is 1. The van der Waals surface area contributed by atoms with Crippen LogP contribution in [0, 0.1) is 5.92 Å². The Balaban J connectivity index is 1.59. The number of nitrogens with zero attached hydrogens (tertiary/aromatic N) is 5. The summed E-state index contributed by atoms with van der Waals surface area (Å²) >= 11 is 0. The molecule has 32 heavy (non-hydrogen) atoms. The van der Waals surface area contributed by atoms with E-state index in [9.17, 15) is 9.59 Å². The molecule has 1 aliphatic rings. The maximum Gasteiger partial charge on any atom is 0.230 e. The van der Waals surface area contributed by atoms with Crippen LogP contribution in [-0.4, -0.2) is 50.6 Å². The van der Waals surface area contributed by atoms with Crippen molar-refractivity contribution in [2.45, 2.75) is 32.2 Å². The maximum atomic E-state index is 13.3. The minimum Gasteiger partial charge on any atom is -0.497 e. The summed E-state index contributed by atoms with van der Waals surface area (Å²) in [5, 5.41) is 14.1. The van der Waals surface area contributed by atoms with Gasteiger partial charge in [0.2, 0.25) is 11.8 Å². The van der Waals surface area contributed by atoms with Gasteiger partial charge in [0, 0.05) is 18.7 Å². The summed E-state index contributed by atoms with van der Waals surface area (Å²) in [5.41, 5.74) is 2.28. The number of unbranched alkanes of at least 4 members (excludes halogenated alkanes) is 1. The van der Waals surface area contributed by atoms with Crippen LogP contribution < -0.4 is 10.1 Å². The van der Waals surface area contributed by atoms with Crippen LogP contribution in [-0.2, 0) is 9.59 Å². The molecule has 9 heteroatoms. The van der Waals surface area contributed by atoms with E-state index >= 15 is 0 Å². The van der Waals surface area contributed by atoms with Crippen LogP contribution in [0.5, 0.6) is 5.75 Å². The molecule has 2 aromatic carbocycles. The third kappa shape index (κ3) is 4.46. The summed E-state index contributed by atoms with van der Waals surface area (Å²) in [4.78, 5) is 28.0. The van der Waals surface area contributed by atoms with Gasteiger partial charge in [-0.05, 0) is 52.7 Å². The molecule has 2 atom stereocenters. The number of aromatic nitrogens is 4. The number of rotatable bonds is 8. The predicted molar refractivity (Wildman–Crippen MR) is 118 cm³/mol. The van der Waals surface area contributed by atoms with E-state index in [-0.39, 0.29) is 24.3 Å². The van der Waals surface area contributed by atoms with Crippen molar-refractivity contribution in [3.05, 3.63) is 60.4 Å². The highest BCUT2D eigenvalue weighted by atomic mass is 16.5. The van der Waals surface area contributed by atoms with Crippen LogP contribution in [0.1, 0.15) is 37.8 Å². The molecule has 0 radical (unpaired) electrons. The molecule has 1 N–H and O–H groups in total. The van der Waals surface area contributed by atoms with Gasteiger partial charge in [-0.15, -0.1) is 5.10 Å². The second-order valence-corrected chi connectivity index (χ2v) is 7.76. The topological polar surface area (TPSA) is 102 Å². The lowest BCUT2D eigenvalue weighted by Crippen LogP contribution is -2.33. The molecule has 0 unspecified atom stereocenters. The van der Waals surface area contributed by atoms with Gasteiger partial charge < -0.3 is 15.0 Å². The summed E-state index contributed by atoms with van der Waals surface area (Å²) in [5.74, 6) is 0.0527. The Morgan fingerprint density at radius 1 is 1.22 bits per heavy atom. The second kappa shape index (κ2) is 9.59. The highest BCUT2D eigenvalue weighted by Crippen LogP contribution is 2.39. The van der Waals surface area contributed by atoms with Crippen molar-refractivity contribution in [1.82, 2.24) is 25.1 Å². The highest BCUT2D eigenvalue weighted by molar-refractivity contribution is 5.98. The first-order valence-electron chi connectivity index (χ1n) is 10.7. The molecular formula is C23H26N6O3. The number of carbonyl (C=O) groups excluding carboxylic acids is 2. The molecule has 1 saturated heterocycles. The van der Waals surface area contributed by atoms with Crippen LogP contribution in [0.15, 0.2) is 54.9 Å². The van der Waals surface area contributed by atoms with Crippen molar-refractivity contribution in [2.24, 2.45) is 5.92 Å². The molecule has 0 saturated carbocycles. The molecule has 2 amide bonds. The number of amides is 2. The predicted octanol–water partition coefficient (Wildman–Crippen LogP) is 3.00. The highest BCUT2D eigenvalue weighted by Gasteiger charge is 2.44. The van der Waals surface area contributed by atoms with Gasteiger partial charge >= 0.3 is 0 Å². The molecule has 2 heterocycles. The number of hydrogen-bond acceptors (Lipinski definition) is 6. The third-order valence-electron chi connectivity index (χ3n) is 5.71. The lowest BCUT2D eigenvalue weighted by atomic mass is 9.92. The Bertz CT molecular complexity index is 1070. The Labute approximate surface area is 186 Å². The molecule has 3 aromatic rings. The Morgan fingerprint density at radius 3 is 2.72 bits per heavy atom. The van der Waals surface area contributed by atoms with Gasteiger partial charge in [-0.3, -0.25) is 9.59 Å². The van der Waals surface area contributed by atoms with Crippen LogP contribution in [0.25, 0.3) is 5.69 Å². The molecule has 1 aliphatic heterocycles. The summed E-state index contributed by atoms with van der Waals surface area (Å²) in [6, 6.07) is 14.5. The quantitative estimate of drug-likeness (QED) is 0.585. The molecule has 1 aromatic heterocycles. The largest absolute Gasteiger partial charge is 0.497 e. The molecule has 0 spiro atoms. The van der Waals surface area contributed by atoms with E-state index in [0.29, 0.717) is 12.2 Å². The van der Waals surface area contributed by atoms with Crippen LogP contribution in [0.3, 0.4) is 0 Å². The Hall–Kier alpha value is -3.75. The summed E-state index contributed by atoms with van der Waals surface area (Å²) in [7, 11) is 1.61. The summed E-state index contributed by atoms with van der Waals surface area (Å²) in [6.07, 6.45) is 3.53. The number of carbonyl (C=O) groups is 2. The number of benzene rings is 2. The number of likely N-dealkylation sites (tertiary alicyclic amines) is 1. The van der Waals surface area contributed by atoms with E-state index in [1.54, 1.807) is 19.2 Å². The van der Waals surface area contributed by atoms with Gasteiger partial charge in [0.1, 0.15) is 12.1 Å². The van der Waals surface area contributed by atoms with E-state index in [4.69, 9.17) is 4.74 Å². The SMILES string of the molecule is CCCCN1C(=O)C[C@H](C(=O)Nc2cccc(-n3cnnn3)c2)[C@H]1c1ccc(OC)cc1. The molecule has 1 fully saturated rings. The van der Waals surface area contributed by atoms with Gasteiger partial charge in [0.05, 0.1) is 24.8 Å². The monoisotopic (exact) mass is 434 g/mol. The van der Waals surface area contributed by atoms with Crippen molar-refractivity contribution in [2.75, 3.05) is 19.0 Å². The van der Waals surface area contributed by atoms with Gasteiger partial charge in [0.15, 0.2) is 0 Å². The van der Waals surface area contributed by atoms with E-state index in [0.717, 1.165) is 29.8 Å². The standard InChI is InChI=1S/C23H26N6O3/c1-3-4-12-28-21(30)14-20(22(28)16-8-10-19(32-2)11-9-16)23(31)25-17-6-5-7-18(13-17)29-15-24-26-27-29/h5-11,13,15,20,22H,3-4,12,14H2,1-2H3,(H,25,31)/t20-,22+/m0/s1. The fourth-order valence-corrected chi connectivity index (χ4v) is 4.07. The normalized spacial score (nSPS) is 18.1. The number of anilines is 1. The van der Waals surface area contributed by atoms with E-state index in [1.807, 2.05) is 41.3 Å². The maximum absolute atomic E-state index is 13.3. The number of ether oxygens (including phenoxy) is 1. The van der Waals surface area contributed by atoms with E-state index in [2.05, 4.69) is 27.8 Å². The zero-order valence-electron chi connectivity index (χ0n) is 18.1. The summed E-state index contributed by atoms with van der Waals surface area (Å²) < 4.78 is 6.78. The van der Waals surface area contributed by atoms with Crippen LogP contribution >= 0.6 is 0 Å². The molecule has 4 rings (SSSR count). The van der Waals surface area contributed by atoms with Crippen molar-refractivity contribution >= 4 is 17.5 Å². The van der Waals surface area contributed by atoms with Gasteiger partial charge in [-0.2, -0.15) is 0 Å².